The predicted molar refractivity (Wildman–Crippen MR) is 73.0 cm³/mol. The minimum Gasteiger partial charge on any atom is -0.348 e. The molecule has 0 spiro atoms. The van der Waals surface area contributed by atoms with Crippen LogP contribution < -0.4 is 5.32 Å². The van der Waals surface area contributed by atoms with Gasteiger partial charge in [0.05, 0.1) is 5.54 Å². The van der Waals surface area contributed by atoms with Crippen LogP contribution in [-0.2, 0) is 4.79 Å². The predicted octanol–water partition coefficient (Wildman–Crippen LogP) is 3.20. The fourth-order valence-electron chi connectivity index (χ4n) is 5.15. The van der Waals surface area contributed by atoms with Crippen molar-refractivity contribution in [1.82, 2.24) is 5.32 Å². The van der Waals surface area contributed by atoms with Gasteiger partial charge in [-0.1, -0.05) is 24.6 Å². The van der Waals surface area contributed by atoms with Gasteiger partial charge in [0.1, 0.15) is 0 Å². The Labute approximate surface area is 110 Å². The summed E-state index contributed by atoms with van der Waals surface area (Å²) in [5.74, 6) is 0.764. The molecule has 0 aromatic rings. The molecule has 3 aliphatic rings. The third-order valence-electron chi connectivity index (χ3n) is 5.29. The number of rotatable bonds is 2. The summed E-state index contributed by atoms with van der Waals surface area (Å²) in [4.78, 5) is 11.4. The van der Waals surface area contributed by atoms with Crippen molar-refractivity contribution in [2.75, 3.05) is 0 Å². The highest BCUT2D eigenvalue weighted by Crippen LogP contribution is 2.70. The summed E-state index contributed by atoms with van der Waals surface area (Å²) < 4.78 is 0. The smallest absolute Gasteiger partial charge is 0.217 e. The van der Waals surface area contributed by atoms with Crippen LogP contribution in [0.3, 0.4) is 0 Å². The van der Waals surface area contributed by atoms with E-state index >= 15 is 0 Å². The van der Waals surface area contributed by atoms with Crippen LogP contribution in [0.25, 0.3) is 0 Å². The van der Waals surface area contributed by atoms with Crippen LogP contribution in [0.5, 0.6) is 0 Å². The highest BCUT2D eigenvalue weighted by Gasteiger charge is 2.61. The van der Waals surface area contributed by atoms with Gasteiger partial charge in [-0.3, -0.25) is 4.79 Å². The van der Waals surface area contributed by atoms with Gasteiger partial charge >= 0.3 is 0 Å². The quantitative estimate of drug-likeness (QED) is 0.744. The first-order valence-corrected chi connectivity index (χ1v) is 6.94. The number of hydrogen-bond acceptors (Lipinski definition) is 1. The lowest BCUT2D eigenvalue weighted by Crippen LogP contribution is -2.48. The molecule has 0 radical (unpaired) electrons. The zero-order chi connectivity index (χ0) is 13.2. The molecule has 0 aliphatic heterocycles. The lowest BCUT2D eigenvalue weighted by molar-refractivity contribution is -0.120. The molecular weight excluding hydrogens is 222 g/mol. The molecule has 2 fully saturated rings. The maximum atomic E-state index is 11.4. The minimum atomic E-state index is -0.154. The first-order valence-electron chi connectivity index (χ1n) is 6.94. The maximum Gasteiger partial charge on any atom is 0.217 e. The van der Waals surface area contributed by atoms with E-state index in [1.165, 1.54) is 12.8 Å². The second kappa shape index (κ2) is 3.28. The van der Waals surface area contributed by atoms with Crippen molar-refractivity contribution in [3.05, 3.63) is 24.3 Å². The van der Waals surface area contributed by atoms with Gasteiger partial charge in [0, 0.05) is 6.92 Å². The van der Waals surface area contributed by atoms with Gasteiger partial charge in [0.25, 0.3) is 0 Å². The van der Waals surface area contributed by atoms with Crippen molar-refractivity contribution in [3.63, 3.8) is 0 Å². The first-order chi connectivity index (χ1) is 8.30. The van der Waals surface area contributed by atoms with E-state index in [9.17, 15) is 4.79 Å². The van der Waals surface area contributed by atoms with Gasteiger partial charge in [-0.15, -0.1) is 6.58 Å². The summed E-state index contributed by atoms with van der Waals surface area (Å²) in [6.07, 6.45) is 9.24. The number of carbonyl (C=O) groups is 1. The van der Waals surface area contributed by atoms with Gasteiger partial charge in [-0.2, -0.15) is 0 Å². The highest BCUT2D eigenvalue weighted by molar-refractivity contribution is 5.74. The molecule has 1 N–H and O–H groups in total. The van der Waals surface area contributed by atoms with Crippen LogP contribution >= 0.6 is 0 Å². The summed E-state index contributed by atoms with van der Waals surface area (Å²) in [5.41, 5.74) is 2.11. The van der Waals surface area contributed by atoms with Gasteiger partial charge in [0.2, 0.25) is 5.91 Å². The fraction of sp³-hybridized carbons (Fsp3) is 0.688. The average molecular weight is 245 g/mol. The number of amides is 1. The lowest BCUT2D eigenvalue weighted by atomic mass is 9.57. The molecule has 2 saturated carbocycles. The largest absolute Gasteiger partial charge is 0.348 e. The van der Waals surface area contributed by atoms with Crippen molar-refractivity contribution in [2.45, 2.75) is 52.0 Å². The molecule has 4 unspecified atom stereocenters. The fourth-order valence-corrected chi connectivity index (χ4v) is 5.15. The van der Waals surface area contributed by atoms with Crippen molar-refractivity contribution in [3.8, 4) is 0 Å². The molecule has 1 amide bonds. The Morgan fingerprint density at radius 2 is 2.22 bits per heavy atom. The normalized spacial score (nSPS) is 48.8. The summed E-state index contributed by atoms with van der Waals surface area (Å²) in [7, 11) is 0. The molecule has 2 heteroatoms. The Morgan fingerprint density at radius 1 is 1.50 bits per heavy atom. The molecule has 0 aromatic heterocycles. The van der Waals surface area contributed by atoms with Crippen LogP contribution in [0.15, 0.2) is 24.3 Å². The Hall–Kier alpha value is -1.05. The molecule has 98 valence electrons. The second-order valence-corrected chi connectivity index (χ2v) is 7.35. The molecule has 18 heavy (non-hydrogen) atoms. The number of allylic oxidation sites excluding steroid dienone is 2. The van der Waals surface area contributed by atoms with E-state index < -0.39 is 0 Å². The molecule has 0 saturated heterocycles. The zero-order valence-electron chi connectivity index (χ0n) is 11.7. The van der Waals surface area contributed by atoms with Crippen LogP contribution in [0.4, 0.5) is 0 Å². The molecule has 3 aliphatic carbocycles. The van der Waals surface area contributed by atoms with E-state index in [0.29, 0.717) is 16.7 Å². The highest BCUT2D eigenvalue weighted by atomic mass is 16.1. The number of hydrogen-bond donors (Lipinski definition) is 1. The number of fused-ring (bicyclic) bond motifs is 1. The zero-order valence-corrected chi connectivity index (χ0v) is 11.7. The third kappa shape index (κ3) is 1.51. The van der Waals surface area contributed by atoms with E-state index in [1.54, 1.807) is 12.5 Å². The molecule has 0 heterocycles. The van der Waals surface area contributed by atoms with Crippen molar-refractivity contribution in [2.24, 2.45) is 16.7 Å². The van der Waals surface area contributed by atoms with Crippen LogP contribution in [0.2, 0.25) is 0 Å². The molecular formula is C16H23NO. The third-order valence-corrected chi connectivity index (χ3v) is 5.29. The standard InChI is InChI=1S/C16H23NO/c1-5-16-7-12-6-15(4,17-11(2)18)9-14(3,10-16)8-13(12)16/h5-6,13H,1,7-10H2,2-4H3,(H,17,18). The van der Waals surface area contributed by atoms with E-state index in [1.807, 2.05) is 0 Å². The summed E-state index contributed by atoms with van der Waals surface area (Å²) in [5, 5.41) is 3.15. The Morgan fingerprint density at radius 3 is 2.83 bits per heavy atom. The molecule has 0 aromatic carbocycles. The van der Waals surface area contributed by atoms with Gasteiger partial charge in [0.15, 0.2) is 0 Å². The van der Waals surface area contributed by atoms with E-state index in [4.69, 9.17) is 0 Å². The molecule has 2 nitrogen and oxygen atoms in total. The summed E-state index contributed by atoms with van der Waals surface area (Å²) in [6, 6.07) is 0. The summed E-state index contributed by atoms with van der Waals surface area (Å²) in [6.45, 7) is 10.2. The SMILES string of the molecule is C=CC12CC3=CC(C)(NC(C)=O)CC(C)(CC31)C2. The number of carbonyl (C=O) groups excluding carboxylic acids is 1. The van der Waals surface area contributed by atoms with E-state index in [2.05, 4.69) is 37.9 Å². The van der Waals surface area contributed by atoms with E-state index in [0.717, 1.165) is 12.8 Å². The van der Waals surface area contributed by atoms with Crippen LogP contribution in [0, 0.1) is 16.7 Å². The lowest BCUT2D eigenvalue weighted by Gasteiger charge is -2.48. The van der Waals surface area contributed by atoms with Crippen molar-refractivity contribution in [1.29, 1.82) is 0 Å². The summed E-state index contributed by atoms with van der Waals surface area (Å²) >= 11 is 0. The second-order valence-electron chi connectivity index (χ2n) is 7.35. The monoisotopic (exact) mass is 245 g/mol. The molecule has 2 bridgehead atoms. The topological polar surface area (TPSA) is 29.1 Å². The Kier molecular flexibility index (Phi) is 2.19. The molecule has 3 rings (SSSR count). The molecule has 4 atom stereocenters. The van der Waals surface area contributed by atoms with Crippen molar-refractivity contribution >= 4 is 5.91 Å². The van der Waals surface area contributed by atoms with Gasteiger partial charge < -0.3 is 5.32 Å². The minimum absolute atomic E-state index is 0.0741. The van der Waals surface area contributed by atoms with Crippen LogP contribution in [0.1, 0.15) is 46.5 Å². The van der Waals surface area contributed by atoms with Crippen LogP contribution in [-0.4, -0.2) is 11.4 Å². The van der Waals surface area contributed by atoms with Crippen molar-refractivity contribution < 1.29 is 4.79 Å². The first kappa shape index (κ1) is 12.0. The number of nitrogens with one attached hydrogen (secondary N) is 1. The Balaban J connectivity index is 1.98. The Bertz CT molecular complexity index is 466. The van der Waals surface area contributed by atoms with Gasteiger partial charge in [-0.25, -0.2) is 0 Å². The average Bonchev–Trinajstić information content (AvgIpc) is 2.37. The van der Waals surface area contributed by atoms with Gasteiger partial charge in [-0.05, 0) is 49.4 Å². The van der Waals surface area contributed by atoms with E-state index in [-0.39, 0.29) is 11.4 Å². The maximum absolute atomic E-state index is 11.4.